The van der Waals surface area contributed by atoms with E-state index in [1.165, 1.54) is 31.4 Å². The Hall–Kier alpha value is -2.70. The molecule has 0 amide bonds. The third kappa shape index (κ3) is 5.90. The zero-order valence-corrected chi connectivity index (χ0v) is 13.5. The van der Waals surface area contributed by atoms with Crippen LogP contribution in [0.3, 0.4) is 0 Å². The van der Waals surface area contributed by atoms with Crippen molar-refractivity contribution in [2.75, 3.05) is 13.7 Å². The summed E-state index contributed by atoms with van der Waals surface area (Å²) < 4.78 is 9.75. The van der Waals surface area contributed by atoms with Gasteiger partial charge in [-0.15, -0.1) is 0 Å². The lowest BCUT2D eigenvalue weighted by Crippen LogP contribution is -2.17. The first kappa shape index (κ1) is 18.3. The number of carbonyl (C=O) groups excluding carboxylic acids is 2. The van der Waals surface area contributed by atoms with E-state index in [9.17, 15) is 19.7 Å². The second kappa shape index (κ2) is 7.53. The van der Waals surface area contributed by atoms with E-state index in [1.54, 1.807) is 6.08 Å². The second-order valence-corrected chi connectivity index (χ2v) is 5.91. The number of hydrogen-bond donors (Lipinski definition) is 0. The summed E-state index contributed by atoms with van der Waals surface area (Å²) in [6.07, 6.45) is 1.67. The molecule has 0 saturated carbocycles. The van der Waals surface area contributed by atoms with E-state index in [2.05, 4.69) is 4.74 Å². The predicted molar refractivity (Wildman–Crippen MR) is 82.9 cm³/mol. The molecular weight excluding hydrogens is 302 g/mol. The predicted octanol–water partition coefficient (Wildman–Crippen LogP) is 2.90. The molecule has 0 aromatic heterocycles. The van der Waals surface area contributed by atoms with E-state index in [0.717, 1.165) is 0 Å². The van der Waals surface area contributed by atoms with E-state index >= 15 is 0 Å². The summed E-state index contributed by atoms with van der Waals surface area (Å²) in [6, 6.07) is 5.02. The minimum absolute atomic E-state index is 0.121. The molecule has 0 aliphatic carbocycles. The van der Waals surface area contributed by atoms with E-state index in [4.69, 9.17) is 4.74 Å². The highest BCUT2D eigenvalue weighted by Crippen LogP contribution is 2.19. The molecule has 23 heavy (non-hydrogen) atoms. The van der Waals surface area contributed by atoms with Crippen LogP contribution in [-0.2, 0) is 14.3 Å². The maximum Gasteiger partial charge on any atom is 0.338 e. The lowest BCUT2D eigenvalue weighted by Gasteiger charge is -2.15. The highest BCUT2D eigenvalue weighted by atomic mass is 16.6. The molecule has 0 unspecified atom stereocenters. The van der Waals surface area contributed by atoms with Crippen LogP contribution in [0.15, 0.2) is 35.9 Å². The van der Waals surface area contributed by atoms with Crippen LogP contribution in [0.5, 0.6) is 0 Å². The number of nitrogens with zero attached hydrogens (tertiary/aromatic N) is 1. The molecule has 0 fully saturated rings. The number of benzene rings is 1. The first-order chi connectivity index (χ1) is 10.6. The van der Waals surface area contributed by atoms with Crippen molar-refractivity contribution in [3.63, 3.8) is 0 Å². The maximum atomic E-state index is 11.9. The van der Waals surface area contributed by atoms with Gasteiger partial charge in [0.25, 0.3) is 5.69 Å². The molecule has 0 aliphatic heterocycles. The first-order valence-electron chi connectivity index (χ1n) is 6.85. The average molecular weight is 321 g/mol. The van der Waals surface area contributed by atoms with Gasteiger partial charge in [-0.25, -0.2) is 9.59 Å². The second-order valence-electron chi connectivity index (χ2n) is 5.91. The molecule has 0 saturated heterocycles. The molecule has 0 radical (unpaired) electrons. The number of carbonyl (C=O) groups is 2. The number of rotatable bonds is 5. The van der Waals surface area contributed by atoms with Gasteiger partial charge in [-0.1, -0.05) is 26.8 Å². The lowest BCUT2D eigenvalue weighted by atomic mass is 9.93. The molecule has 7 nitrogen and oxygen atoms in total. The summed E-state index contributed by atoms with van der Waals surface area (Å²) >= 11 is 0. The highest BCUT2D eigenvalue weighted by Gasteiger charge is 2.18. The van der Waals surface area contributed by atoms with Crippen LogP contribution in [0.25, 0.3) is 0 Å². The maximum absolute atomic E-state index is 11.9. The molecule has 124 valence electrons. The van der Waals surface area contributed by atoms with Crippen molar-refractivity contribution < 1.29 is 24.0 Å². The van der Waals surface area contributed by atoms with Crippen molar-refractivity contribution >= 4 is 17.6 Å². The zero-order valence-electron chi connectivity index (χ0n) is 13.5. The zero-order chi connectivity index (χ0) is 17.6. The Labute approximate surface area is 134 Å². The van der Waals surface area contributed by atoms with Gasteiger partial charge >= 0.3 is 11.9 Å². The average Bonchev–Trinajstić information content (AvgIpc) is 2.49. The summed E-state index contributed by atoms with van der Waals surface area (Å²) in [5.41, 5.74) is -0.0150. The summed E-state index contributed by atoms with van der Waals surface area (Å²) in [7, 11) is 1.25. The van der Waals surface area contributed by atoms with Gasteiger partial charge < -0.3 is 9.47 Å². The summed E-state index contributed by atoms with van der Waals surface area (Å²) in [5.74, 6) is -1.25. The van der Waals surface area contributed by atoms with Crippen LogP contribution in [0.4, 0.5) is 5.69 Å². The first-order valence-corrected chi connectivity index (χ1v) is 6.85. The van der Waals surface area contributed by atoms with Gasteiger partial charge in [0.1, 0.15) is 6.61 Å². The summed E-state index contributed by atoms with van der Waals surface area (Å²) in [6.45, 7) is 5.45. The monoisotopic (exact) mass is 321 g/mol. The summed E-state index contributed by atoms with van der Waals surface area (Å²) in [5, 5.41) is 10.6. The van der Waals surface area contributed by atoms with E-state index in [1.807, 2.05) is 20.8 Å². The van der Waals surface area contributed by atoms with Crippen LogP contribution in [0.2, 0.25) is 0 Å². The third-order valence-corrected chi connectivity index (χ3v) is 2.73. The van der Waals surface area contributed by atoms with Crippen LogP contribution in [-0.4, -0.2) is 30.6 Å². The Morgan fingerprint density at radius 2 is 1.78 bits per heavy atom. The lowest BCUT2D eigenvalue weighted by molar-refractivity contribution is -0.384. The minimum Gasteiger partial charge on any atom is -0.466 e. The Balaban J connectivity index is 2.81. The van der Waals surface area contributed by atoms with Gasteiger partial charge in [0.05, 0.1) is 23.2 Å². The van der Waals surface area contributed by atoms with E-state index in [0.29, 0.717) is 0 Å². The molecule has 0 N–H and O–H groups in total. The van der Waals surface area contributed by atoms with Crippen molar-refractivity contribution in [1.29, 1.82) is 0 Å². The highest BCUT2D eigenvalue weighted by molar-refractivity contribution is 5.92. The Morgan fingerprint density at radius 3 is 2.22 bits per heavy atom. The molecule has 0 atom stereocenters. The van der Waals surface area contributed by atoms with Crippen molar-refractivity contribution in [2.24, 2.45) is 5.41 Å². The van der Waals surface area contributed by atoms with E-state index in [-0.39, 0.29) is 28.8 Å². The number of nitro benzene ring substituents is 1. The molecule has 0 bridgehead atoms. The van der Waals surface area contributed by atoms with Crippen molar-refractivity contribution in [1.82, 2.24) is 0 Å². The Bertz CT molecular complexity index is 625. The van der Waals surface area contributed by atoms with Crippen LogP contribution < -0.4 is 0 Å². The van der Waals surface area contributed by atoms with Crippen molar-refractivity contribution in [2.45, 2.75) is 20.8 Å². The number of ether oxygens (including phenoxy) is 2. The molecule has 0 aliphatic rings. The fourth-order valence-corrected chi connectivity index (χ4v) is 1.76. The molecule has 1 rings (SSSR count). The largest absolute Gasteiger partial charge is 0.466 e. The molecule has 0 heterocycles. The normalized spacial score (nSPS) is 11.7. The number of esters is 2. The molecule has 1 aromatic rings. The van der Waals surface area contributed by atoms with Gasteiger partial charge in [0.15, 0.2) is 0 Å². The van der Waals surface area contributed by atoms with Crippen molar-refractivity contribution in [3.05, 3.63) is 51.6 Å². The van der Waals surface area contributed by atoms with Crippen molar-refractivity contribution in [3.8, 4) is 0 Å². The molecule has 1 aromatic carbocycles. The minimum atomic E-state index is -0.677. The molecule has 0 spiro atoms. The summed E-state index contributed by atoms with van der Waals surface area (Å²) in [4.78, 5) is 33.6. The van der Waals surface area contributed by atoms with Gasteiger partial charge in [0.2, 0.25) is 0 Å². The van der Waals surface area contributed by atoms with Gasteiger partial charge in [0, 0.05) is 12.1 Å². The number of hydrogen-bond acceptors (Lipinski definition) is 6. The Morgan fingerprint density at radius 1 is 1.22 bits per heavy atom. The molecular formula is C16H19NO6. The topological polar surface area (TPSA) is 95.7 Å². The number of non-ortho nitro benzene ring substituents is 1. The van der Waals surface area contributed by atoms with Crippen LogP contribution in [0, 0.1) is 15.5 Å². The number of allylic oxidation sites excluding steroid dienone is 1. The fraction of sp³-hybridized carbons (Fsp3) is 0.375. The Kier molecular flexibility index (Phi) is 6.01. The standard InChI is InChI=1S/C16H19NO6/c1-16(2,3)9-12(14(18)22-4)10-23-15(19)11-5-7-13(8-6-11)17(20)21/h5-9H,10H2,1-4H3/b12-9+. The third-order valence-electron chi connectivity index (χ3n) is 2.73. The quantitative estimate of drug-likeness (QED) is 0.358. The fourth-order valence-electron chi connectivity index (χ4n) is 1.76. The number of nitro groups is 1. The van der Waals surface area contributed by atoms with Gasteiger partial charge in [-0.2, -0.15) is 0 Å². The van der Waals surface area contributed by atoms with E-state index < -0.39 is 16.9 Å². The van der Waals surface area contributed by atoms with Gasteiger partial charge in [-0.05, 0) is 17.5 Å². The SMILES string of the molecule is COC(=O)/C(=C/C(C)(C)C)COC(=O)c1ccc([N+](=O)[O-])cc1. The van der Waals surface area contributed by atoms with Crippen LogP contribution in [0.1, 0.15) is 31.1 Å². The van der Waals surface area contributed by atoms with Gasteiger partial charge in [-0.3, -0.25) is 10.1 Å². The smallest absolute Gasteiger partial charge is 0.338 e. The number of methoxy groups -OCH3 is 1. The molecule has 7 heteroatoms. The van der Waals surface area contributed by atoms with Crippen LogP contribution >= 0.6 is 0 Å².